The molecule has 126 valence electrons. The summed E-state index contributed by atoms with van der Waals surface area (Å²) >= 11 is 1.30. The third kappa shape index (κ3) is 3.77. The van der Waals surface area contributed by atoms with Gasteiger partial charge in [-0.15, -0.1) is 0 Å². The van der Waals surface area contributed by atoms with Gasteiger partial charge in [0.2, 0.25) is 0 Å². The molecule has 0 unspecified atom stereocenters. The summed E-state index contributed by atoms with van der Waals surface area (Å²) in [6.45, 7) is 2.40. The van der Waals surface area contributed by atoms with Gasteiger partial charge in [-0.1, -0.05) is 12.1 Å². The average molecular weight is 353 g/mol. The van der Waals surface area contributed by atoms with E-state index in [1.807, 2.05) is 13.0 Å². The molecule has 25 heavy (non-hydrogen) atoms. The fourth-order valence-electron chi connectivity index (χ4n) is 2.27. The van der Waals surface area contributed by atoms with E-state index in [-0.39, 0.29) is 11.5 Å². The highest BCUT2D eigenvalue weighted by molar-refractivity contribution is 8.18. The minimum Gasteiger partial charge on any atom is -0.478 e. The lowest BCUT2D eigenvalue weighted by Gasteiger charge is -2.11. The molecule has 2 heterocycles. The van der Waals surface area contributed by atoms with Gasteiger partial charge in [-0.2, -0.15) is 0 Å². The number of nitrogens with zero attached hydrogens (tertiary/aromatic N) is 3. The molecule has 1 aromatic heterocycles. The minimum atomic E-state index is -0.978. The van der Waals surface area contributed by atoms with E-state index in [1.165, 1.54) is 23.9 Å². The number of aromatic nitrogens is 1. The fourth-order valence-corrected chi connectivity index (χ4v) is 3.34. The number of pyridine rings is 1. The Hall–Kier alpha value is -2.93. The zero-order valence-electron chi connectivity index (χ0n) is 13.4. The number of carbonyl (C=O) groups excluding carboxylic acids is 1. The number of hydrogen-bond acceptors (Lipinski definition) is 5. The molecule has 1 N–H and O–H groups in total. The smallest absolute Gasteiger partial charge is 0.335 e. The van der Waals surface area contributed by atoms with Crippen LogP contribution in [0.5, 0.6) is 0 Å². The van der Waals surface area contributed by atoms with Crippen molar-refractivity contribution in [2.45, 2.75) is 6.92 Å². The number of hydrogen-bond donors (Lipinski definition) is 1. The first-order valence-corrected chi connectivity index (χ1v) is 8.43. The lowest BCUT2D eigenvalue weighted by atomic mass is 10.1. The van der Waals surface area contributed by atoms with E-state index in [0.717, 1.165) is 5.56 Å². The van der Waals surface area contributed by atoms with E-state index >= 15 is 0 Å². The second-order valence-corrected chi connectivity index (χ2v) is 6.20. The minimum absolute atomic E-state index is 0.113. The summed E-state index contributed by atoms with van der Waals surface area (Å²) in [5.41, 5.74) is 1.66. The SMILES string of the molecule is CCN1C(=O)/C(=C\c2ccc(C(=O)O)cc2)SC1=Nc1cccnc1. The Labute approximate surface area is 148 Å². The second kappa shape index (κ2) is 7.31. The van der Waals surface area contributed by atoms with Crippen molar-refractivity contribution in [3.05, 3.63) is 64.8 Å². The molecule has 0 bridgehead atoms. The highest BCUT2D eigenvalue weighted by atomic mass is 32.2. The number of amidine groups is 1. The van der Waals surface area contributed by atoms with Gasteiger partial charge in [0.25, 0.3) is 5.91 Å². The quantitative estimate of drug-likeness (QED) is 0.852. The highest BCUT2D eigenvalue weighted by Gasteiger charge is 2.32. The maximum Gasteiger partial charge on any atom is 0.335 e. The first kappa shape index (κ1) is 16.9. The molecule has 0 spiro atoms. The van der Waals surface area contributed by atoms with Crippen LogP contribution in [0.1, 0.15) is 22.8 Å². The van der Waals surface area contributed by atoms with Crippen LogP contribution in [0.15, 0.2) is 58.7 Å². The van der Waals surface area contributed by atoms with E-state index < -0.39 is 5.97 Å². The second-order valence-electron chi connectivity index (χ2n) is 5.19. The Kier molecular flexibility index (Phi) is 4.95. The lowest BCUT2D eigenvalue weighted by Crippen LogP contribution is -2.28. The number of thioether (sulfide) groups is 1. The van der Waals surface area contributed by atoms with E-state index in [9.17, 15) is 9.59 Å². The number of carbonyl (C=O) groups is 2. The fraction of sp³-hybridized carbons (Fsp3) is 0.111. The molecule has 1 aliphatic heterocycles. The van der Waals surface area contributed by atoms with Gasteiger partial charge in [-0.3, -0.25) is 14.7 Å². The van der Waals surface area contributed by atoms with Crippen LogP contribution in [0, 0.1) is 0 Å². The van der Waals surface area contributed by atoms with E-state index in [0.29, 0.717) is 22.3 Å². The van der Waals surface area contributed by atoms with Gasteiger partial charge < -0.3 is 5.11 Å². The molecule has 0 atom stereocenters. The summed E-state index contributed by atoms with van der Waals surface area (Å²) in [7, 11) is 0. The Morgan fingerprint density at radius 2 is 2.08 bits per heavy atom. The summed E-state index contributed by atoms with van der Waals surface area (Å²) in [5.74, 6) is -1.09. The van der Waals surface area contributed by atoms with E-state index in [2.05, 4.69) is 9.98 Å². The normalized spacial score (nSPS) is 17.5. The lowest BCUT2D eigenvalue weighted by molar-refractivity contribution is -0.122. The van der Waals surface area contributed by atoms with Crippen LogP contribution in [0.2, 0.25) is 0 Å². The molecule has 3 rings (SSSR count). The zero-order valence-corrected chi connectivity index (χ0v) is 14.2. The number of carboxylic acid groups (broad SMARTS) is 1. The topological polar surface area (TPSA) is 82.9 Å². The van der Waals surface area contributed by atoms with Gasteiger partial charge in [0.1, 0.15) is 0 Å². The van der Waals surface area contributed by atoms with Crippen molar-refractivity contribution >= 4 is 40.6 Å². The summed E-state index contributed by atoms with van der Waals surface area (Å²) < 4.78 is 0. The van der Waals surface area contributed by atoms with Crippen molar-refractivity contribution in [2.24, 2.45) is 4.99 Å². The molecular formula is C18H15N3O3S. The molecule has 1 amide bonds. The summed E-state index contributed by atoms with van der Waals surface area (Å²) in [4.78, 5) is 34.1. The van der Waals surface area contributed by atoms with Gasteiger partial charge in [0, 0.05) is 12.7 Å². The van der Waals surface area contributed by atoms with Crippen LogP contribution >= 0.6 is 11.8 Å². The maximum absolute atomic E-state index is 12.6. The number of aromatic carboxylic acids is 1. The largest absolute Gasteiger partial charge is 0.478 e. The highest BCUT2D eigenvalue weighted by Crippen LogP contribution is 2.33. The first-order chi connectivity index (χ1) is 12.1. The molecule has 1 saturated heterocycles. The van der Waals surface area contributed by atoms with Crippen LogP contribution in [0.3, 0.4) is 0 Å². The van der Waals surface area contributed by atoms with Gasteiger partial charge in [0.15, 0.2) is 5.17 Å². The number of aliphatic imine (C=N–C) groups is 1. The van der Waals surface area contributed by atoms with Crippen molar-refractivity contribution in [3.8, 4) is 0 Å². The zero-order chi connectivity index (χ0) is 17.8. The summed E-state index contributed by atoms with van der Waals surface area (Å²) in [6.07, 6.45) is 5.05. The van der Waals surface area contributed by atoms with Crippen molar-refractivity contribution in [3.63, 3.8) is 0 Å². The molecule has 0 aliphatic carbocycles. The Bertz CT molecular complexity index is 861. The monoisotopic (exact) mass is 353 g/mol. The third-order valence-electron chi connectivity index (χ3n) is 3.53. The molecular weight excluding hydrogens is 338 g/mol. The predicted molar refractivity (Wildman–Crippen MR) is 97.7 cm³/mol. The van der Waals surface area contributed by atoms with Gasteiger partial charge in [-0.25, -0.2) is 9.79 Å². The summed E-state index contributed by atoms with van der Waals surface area (Å²) in [6, 6.07) is 10.00. The maximum atomic E-state index is 12.6. The Morgan fingerprint density at radius 1 is 1.32 bits per heavy atom. The van der Waals surface area contributed by atoms with Crippen LogP contribution in [0.25, 0.3) is 6.08 Å². The molecule has 0 radical (unpaired) electrons. The van der Waals surface area contributed by atoms with E-state index in [1.54, 1.807) is 41.6 Å². The molecule has 2 aromatic rings. The Balaban J connectivity index is 1.89. The van der Waals surface area contributed by atoms with Crippen molar-refractivity contribution in [1.29, 1.82) is 0 Å². The molecule has 0 saturated carbocycles. The van der Waals surface area contributed by atoms with Gasteiger partial charge >= 0.3 is 5.97 Å². The van der Waals surface area contributed by atoms with Crippen LogP contribution in [0.4, 0.5) is 5.69 Å². The average Bonchev–Trinajstić information content (AvgIpc) is 2.91. The standard InChI is InChI=1S/C18H15N3O3S/c1-2-21-16(22)15(10-12-5-7-13(8-6-12)17(23)24)25-18(21)20-14-4-3-9-19-11-14/h3-11H,2H2,1H3,(H,23,24)/b15-10+,20-18?. The predicted octanol–water partition coefficient (Wildman–Crippen LogP) is 3.40. The first-order valence-electron chi connectivity index (χ1n) is 7.62. The Morgan fingerprint density at radius 3 is 2.68 bits per heavy atom. The third-order valence-corrected chi connectivity index (χ3v) is 4.54. The van der Waals surface area contributed by atoms with Crippen LogP contribution < -0.4 is 0 Å². The number of amides is 1. The number of likely N-dealkylation sites (N-methyl/N-ethyl adjacent to an activating group) is 1. The van der Waals surface area contributed by atoms with Crippen molar-refractivity contribution < 1.29 is 14.7 Å². The van der Waals surface area contributed by atoms with Gasteiger partial charge in [0.05, 0.1) is 22.4 Å². The molecule has 6 nitrogen and oxygen atoms in total. The van der Waals surface area contributed by atoms with Crippen molar-refractivity contribution in [2.75, 3.05) is 6.54 Å². The molecule has 7 heteroatoms. The molecule has 1 aromatic carbocycles. The van der Waals surface area contributed by atoms with E-state index in [4.69, 9.17) is 5.11 Å². The molecule has 1 aliphatic rings. The number of carboxylic acids is 1. The summed E-state index contributed by atoms with van der Waals surface area (Å²) in [5, 5.41) is 9.55. The molecule has 1 fully saturated rings. The van der Waals surface area contributed by atoms with Gasteiger partial charge in [-0.05, 0) is 54.6 Å². The van der Waals surface area contributed by atoms with Crippen LogP contribution in [-0.4, -0.2) is 38.6 Å². The van der Waals surface area contributed by atoms with Crippen molar-refractivity contribution in [1.82, 2.24) is 9.88 Å². The van der Waals surface area contributed by atoms with Crippen LogP contribution in [-0.2, 0) is 4.79 Å². The number of benzene rings is 1. The number of rotatable bonds is 4.